The fourth-order valence-electron chi connectivity index (χ4n) is 2.56. The molecule has 2 aromatic rings. The fraction of sp³-hybridized carbons (Fsp3) is 0.615. The first-order chi connectivity index (χ1) is 9.16. The van der Waals surface area contributed by atoms with Gasteiger partial charge in [0.2, 0.25) is 5.95 Å². The summed E-state index contributed by atoms with van der Waals surface area (Å²) in [4.78, 5) is 16.5. The lowest BCUT2D eigenvalue weighted by Gasteiger charge is -2.10. The molecule has 6 heteroatoms. The lowest BCUT2D eigenvalue weighted by atomic mass is 10.1. The molecule has 6 nitrogen and oxygen atoms in total. The van der Waals surface area contributed by atoms with Crippen LogP contribution in [0.25, 0.3) is 5.65 Å². The Balaban J connectivity index is 2.01. The standard InChI is InChI=1S/C13H19N5O/c1-8(2)6-7-14-12-15-10-5-3-4-9(10)11-16-17-13(19)18(11)12/h8H,3-7H2,1-2H3,(H,14,15)(H,17,19). The SMILES string of the molecule is CC(C)CCNc1nc2c(c3n[nH]c(=O)n13)CCC2. The normalized spacial score (nSPS) is 14.3. The number of hydrogen-bond donors (Lipinski definition) is 2. The van der Waals surface area contributed by atoms with E-state index in [-0.39, 0.29) is 5.69 Å². The van der Waals surface area contributed by atoms with Crippen molar-refractivity contribution in [1.29, 1.82) is 0 Å². The van der Waals surface area contributed by atoms with E-state index in [9.17, 15) is 4.79 Å². The second-order valence-electron chi connectivity index (χ2n) is 5.51. The number of rotatable bonds is 4. The van der Waals surface area contributed by atoms with Crippen LogP contribution in [-0.2, 0) is 12.8 Å². The molecule has 0 saturated carbocycles. The van der Waals surface area contributed by atoms with Gasteiger partial charge in [-0.2, -0.15) is 5.10 Å². The molecule has 0 aliphatic heterocycles. The zero-order valence-corrected chi connectivity index (χ0v) is 11.4. The minimum atomic E-state index is -0.218. The van der Waals surface area contributed by atoms with Crippen LogP contribution in [0.4, 0.5) is 5.95 Å². The molecule has 2 heterocycles. The van der Waals surface area contributed by atoms with Gasteiger partial charge in [-0.3, -0.25) is 0 Å². The van der Waals surface area contributed by atoms with Gasteiger partial charge in [0.15, 0.2) is 5.65 Å². The predicted molar refractivity (Wildman–Crippen MR) is 73.6 cm³/mol. The van der Waals surface area contributed by atoms with Gasteiger partial charge in [0.05, 0.1) is 5.69 Å². The van der Waals surface area contributed by atoms with E-state index in [0.717, 1.165) is 49.1 Å². The first-order valence-electron chi connectivity index (χ1n) is 6.89. The average Bonchev–Trinajstić information content (AvgIpc) is 2.95. The number of aromatic amines is 1. The maximum Gasteiger partial charge on any atom is 0.350 e. The molecule has 2 aromatic heterocycles. The summed E-state index contributed by atoms with van der Waals surface area (Å²) in [7, 11) is 0. The predicted octanol–water partition coefficient (Wildman–Crippen LogP) is 1.36. The van der Waals surface area contributed by atoms with Crippen LogP contribution in [0.3, 0.4) is 0 Å². The van der Waals surface area contributed by atoms with Crippen LogP contribution >= 0.6 is 0 Å². The van der Waals surface area contributed by atoms with Crippen LogP contribution in [0, 0.1) is 5.92 Å². The minimum Gasteiger partial charge on any atom is -0.355 e. The van der Waals surface area contributed by atoms with Crippen molar-refractivity contribution >= 4 is 11.6 Å². The molecule has 0 radical (unpaired) electrons. The molecule has 102 valence electrons. The van der Waals surface area contributed by atoms with Crippen molar-refractivity contribution in [2.75, 3.05) is 11.9 Å². The molecule has 0 bridgehead atoms. The van der Waals surface area contributed by atoms with Crippen LogP contribution in [0.2, 0.25) is 0 Å². The summed E-state index contributed by atoms with van der Waals surface area (Å²) in [5.41, 5.74) is 2.72. The van der Waals surface area contributed by atoms with Crippen molar-refractivity contribution in [2.45, 2.75) is 39.5 Å². The Morgan fingerprint density at radius 3 is 3.05 bits per heavy atom. The number of nitrogens with zero attached hydrogens (tertiary/aromatic N) is 3. The highest BCUT2D eigenvalue weighted by Crippen LogP contribution is 2.24. The molecule has 0 atom stereocenters. The average molecular weight is 261 g/mol. The van der Waals surface area contributed by atoms with Crippen LogP contribution in [-0.4, -0.2) is 26.1 Å². The number of fused-ring (bicyclic) bond motifs is 3. The summed E-state index contributed by atoms with van der Waals surface area (Å²) in [6.45, 7) is 5.17. The molecule has 0 amide bonds. The lowest BCUT2D eigenvalue weighted by molar-refractivity contribution is 0.605. The molecule has 3 rings (SSSR count). The highest BCUT2D eigenvalue weighted by molar-refractivity contribution is 5.55. The van der Waals surface area contributed by atoms with Gasteiger partial charge in [-0.05, 0) is 31.6 Å². The van der Waals surface area contributed by atoms with E-state index in [1.165, 1.54) is 0 Å². The Kier molecular flexibility index (Phi) is 3.00. The highest BCUT2D eigenvalue weighted by atomic mass is 16.1. The molecule has 1 aliphatic carbocycles. The lowest BCUT2D eigenvalue weighted by Crippen LogP contribution is -2.18. The quantitative estimate of drug-likeness (QED) is 0.871. The second kappa shape index (κ2) is 4.68. The van der Waals surface area contributed by atoms with E-state index < -0.39 is 0 Å². The third-order valence-corrected chi connectivity index (χ3v) is 3.59. The number of hydrogen-bond acceptors (Lipinski definition) is 4. The maximum atomic E-state index is 11.9. The van der Waals surface area contributed by atoms with E-state index in [2.05, 4.69) is 34.3 Å². The van der Waals surface area contributed by atoms with E-state index in [1.807, 2.05) is 0 Å². The molecular formula is C13H19N5O. The van der Waals surface area contributed by atoms with Crippen molar-refractivity contribution in [3.05, 3.63) is 21.7 Å². The van der Waals surface area contributed by atoms with E-state index >= 15 is 0 Å². The number of aryl methyl sites for hydroxylation is 2. The third kappa shape index (κ3) is 2.11. The zero-order valence-electron chi connectivity index (χ0n) is 11.4. The molecular weight excluding hydrogens is 242 g/mol. The van der Waals surface area contributed by atoms with Crippen molar-refractivity contribution in [3.8, 4) is 0 Å². The second-order valence-corrected chi connectivity index (χ2v) is 5.51. The Bertz CT molecular complexity index is 655. The van der Waals surface area contributed by atoms with Crippen molar-refractivity contribution in [1.82, 2.24) is 19.6 Å². The summed E-state index contributed by atoms with van der Waals surface area (Å²) in [6, 6.07) is 0. The minimum absolute atomic E-state index is 0.218. The fourth-order valence-corrected chi connectivity index (χ4v) is 2.56. The number of nitrogens with one attached hydrogen (secondary N) is 2. The van der Waals surface area contributed by atoms with Crippen molar-refractivity contribution in [2.24, 2.45) is 5.92 Å². The molecule has 0 saturated heterocycles. The molecule has 19 heavy (non-hydrogen) atoms. The molecule has 1 aliphatic rings. The van der Waals surface area contributed by atoms with E-state index in [0.29, 0.717) is 11.9 Å². The molecule has 0 aromatic carbocycles. The first-order valence-corrected chi connectivity index (χ1v) is 6.89. The first kappa shape index (κ1) is 12.2. The number of aromatic nitrogens is 4. The maximum absolute atomic E-state index is 11.9. The van der Waals surface area contributed by atoms with Crippen molar-refractivity contribution < 1.29 is 0 Å². The van der Waals surface area contributed by atoms with E-state index in [4.69, 9.17) is 0 Å². The summed E-state index contributed by atoms with van der Waals surface area (Å²) < 4.78 is 1.56. The van der Waals surface area contributed by atoms with Gasteiger partial charge in [0.1, 0.15) is 0 Å². The van der Waals surface area contributed by atoms with Gasteiger partial charge in [-0.25, -0.2) is 19.3 Å². The molecule has 0 fully saturated rings. The van der Waals surface area contributed by atoms with Gasteiger partial charge >= 0.3 is 5.69 Å². The highest BCUT2D eigenvalue weighted by Gasteiger charge is 2.21. The van der Waals surface area contributed by atoms with Crippen molar-refractivity contribution in [3.63, 3.8) is 0 Å². The van der Waals surface area contributed by atoms with Gasteiger partial charge in [0, 0.05) is 12.1 Å². The van der Waals surface area contributed by atoms with Crippen LogP contribution in [0.1, 0.15) is 37.9 Å². The Labute approximate surface area is 111 Å². The topological polar surface area (TPSA) is 75.1 Å². The Morgan fingerprint density at radius 1 is 1.42 bits per heavy atom. The molecule has 2 N–H and O–H groups in total. The monoisotopic (exact) mass is 261 g/mol. The summed E-state index contributed by atoms with van der Waals surface area (Å²) in [6.07, 6.45) is 4.08. The van der Waals surface area contributed by atoms with Crippen LogP contribution < -0.4 is 11.0 Å². The van der Waals surface area contributed by atoms with Gasteiger partial charge < -0.3 is 5.32 Å². The zero-order chi connectivity index (χ0) is 13.4. The largest absolute Gasteiger partial charge is 0.355 e. The molecule has 0 spiro atoms. The smallest absolute Gasteiger partial charge is 0.350 e. The number of anilines is 1. The van der Waals surface area contributed by atoms with Gasteiger partial charge in [0.25, 0.3) is 0 Å². The van der Waals surface area contributed by atoms with Crippen LogP contribution in [0.15, 0.2) is 4.79 Å². The molecule has 0 unspecified atom stereocenters. The van der Waals surface area contributed by atoms with E-state index in [1.54, 1.807) is 4.40 Å². The summed E-state index contributed by atoms with van der Waals surface area (Å²) in [5, 5.41) is 9.93. The van der Waals surface area contributed by atoms with Gasteiger partial charge in [-0.15, -0.1) is 0 Å². The Hall–Kier alpha value is -1.85. The number of H-pyrrole nitrogens is 1. The van der Waals surface area contributed by atoms with Gasteiger partial charge in [-0.1, -0.05) is 13.8 Å². The summed E-state index contributed by atoms with van der Waals surface area (Å²) in [5.74, 6) is 1.24. The Morgan fingerprint density at radius 2 is 2.26 bits per heavy atom. The summed E-state index contributed by atoms with van der Waals surface area (Å²) >= 11 is 0. The third-order valence-electron chi connectivity index (χ3n) is 3.59. The van der Waals surface area contributed by atoms with Crippen LogP contribution in [0.5, 0.6) is 0 Å².